The lowest BCUT2D eigenvalue weighted by Crippen LogP contribution is -2.36. The minimum atomic E-state index is -1.09. The number of hydrogen-bond donors (Lipinski definition) is 0. The van der Waals surface area contributed by atoms with E-state index in [1.807, 2.05) is 6.07 Å². The van der Waals surface area contributed by atoms with E-state index in [-0.39, 0.29) is 5.56 Å². The second kappa shape index (κ2) is 5.00. The van der Waals surface area contributed by atoms with Crippen molar-refractivity contribution in [3.05, 3.63) is 65.0 Å². The van der Waals surface area contributed by atoms with Crippen molar-refractivity contribution in [1.29, 1.82) is 0 Å². The quantitative estimate of drug-likeness (QED) is 0.800. The molecule has 1 aliphatic rings. The molecule has 1 aromatic carbocycles. The van der Waals surface area contributed by atoms with E-state index in [1.165, 1.54) is 17.0 Å². The Hall–Kier alpha value is -2.30. The van der Waals surface area contributed by atoms with Gasteiger partial charge in [-0.1, -0.05) is 12.1 Å². The highest BCUT2D eigenvalue weighted by molar-refractivity contribution is 5.94. The first-order chi connectivity index (χ1) is 9.66. The third kappa shape index (κ3) is 2.15. The summed E-state index contributed by atoms with van der Waals surface area (Å²) in [7, 11) is 0. The number of carbonyl (C=O) groups excluding carboxylic acids is 1. The summed E-state index contributed by atoms with van der Waals surface area (Å²) in [6, 6.07) is 7.34. The van der Waals surface area contributed by atoms with Crippen LogP contribution in [0.5, 0.6) is 0 Å². The lowest BCUT2D eigenvalue weighted by molar-refractivity contribution is 0.0727. The average Bonchev–Trinajstić information content (AvgIpc) is 2.49. The molecular weight excluding hydrogens is 262 g/mol. The molecular formula is C15H12F2N2O. The third-order valence-corrected chi connectivity index (χ3v) is 3.43. The zero-order chi connectivity index (χ0) is 14.1. The molecule has 0 atom stereocenters. The summed E-state index contributed by atoms with van der Waals surface area (Å²) in [5, 5.41) is 0. The minimum Gasteiger partial charge on any atom is -0.334 e. The van der Waals surface area contributed by atoms with Crippen LogP contribution in [0, 0.1) is 11.6 Å². The molecule has 1 aliphatic heterocycles. The smallest absolute Gasteiger partial charge is 0.257 e. The molecule has 102 valence electrons. The summed E-state index contributed by atoms with van der Waals surface area (Å²) in [4.78, 5) is 18.0. The Morgan fingerprint density at radius 2 is 2.05 bits per heavy atom. The molecule has 0 saturated heterocycles. The lowest BCUT2D eigenvalue weighted by atomic mass is 10.0. The molecule has 3 nitrogen and oxygen atoms in total. The van der Waals surface area contributed by atoms with E-state index >= 15 is 0 Å². The Balaban J connectivity index is 1.88. The van der Waals surface area contributed by atoms with Crippen molar-refractivity contribution in [3.8, 4) is 0 Å². The van der Waals surface area contributed by atoms with E-state index < -0.39 is 17.5 Å². The molecule has 2 aromatic rings. The molecule has 1 aromatic heterocycles. The predicted molar refractivity (Wildman–Crippen MR) is 69.0 cm³/mol. The molecule has 3 rings (SSSR count). The second-order valence-electron chi connectivity index (χ2n) is 4.69. The monoisotopic (exact) mass is 274 g/mol. The second-order valence-corrected chi connectivity index (χ2v) is 4.69. The first-order valence-electron chi connectivity index (χ1n) is 6.33. The molecule has 2 heterocycles. The average molecular weight is 274 g/mol. The Bertz CT molecular complexity index is 673. The maximum absolute atomic E-state index is 13.7. The van der Waals surface area contributed by atoms with Crippen molar-refractivity contribution >= 4 is 5.91 Å². The van der Waals surface area contributed by atoms with Gasteiger partial charge in [-0.3, -0.25) is 9.78 Å². The van der Waals surface area contributed by atoms with Gasteiger partial charge in [0, 0.05) is 31.4 Å². The van der Waals surface area contributed by atoms with Crippen molar-refractivity contribution in [2.24, 2.45) is 0 Å². The fourth-order valence-electron chi connectivity index (χ4n) is 2.38. The van der Waals surface area contributed by atoms with Gasteiger partial charge in [-0.05, 0) is 23.8 Å². The van der Waals surface area contributed by atoms with Crippen molar-refractivity contribution in [1.82, 2.24) is 9.88 Å². The van der Waals surface area contributed by atoms with Crippen LogP contribution in [0.15, 0.2) is 36.5 Å². The normalized spacial score (nSPS) is 14.0. The first-order valence-corrected chi connectivity index (χ1v) is 6.33. The number of amides is 1. The number of aromatic nitrogens is 1. The van der Waals surface area contributed by atoms with E-state index in [0.717, 1.165) is 17.3 Å². The van der Waals surface area contributed by atoms with Crippen LogP contribution in [0.3, 0.4) is 0 Å². The molecule has 0 aliphatic carbocycles. The summed E-state index contributed by atoms with van der Waals surface area (Å²) < 4.78 is 26.9. The standard InChI is InChI=1S/C15H12F2N2O/c16-12-5-1-4-11(14(12)17)15(20)19-8-6-13-10(9-19)3-2-7-18-13/h1-5,7H,6,8-9H2. The number of benzene rings is 1. The number of fused-ring (bicyclic) bond motifs is 1. The van der Waals surface area contributed by atoms with Crippen LogP contribution in [0.1, 0.15) is 21.6 Å². The van der Waals surface area contributed by atoms with Crippen molar-refractivity contribution < 1.29 is 13.6 Å². The van der Waals surface area contributed by atoms with Crippen LogP contribution in [-0.4, -0.2) is 22.3 Å². The number of pyridine rings is 1. The summed E-state index contributed by atoms with van der Waals surface area (Å²) in [5.74, 6) is -2.58. The molecule has 0 radical (unpaired) electrons. The summed E-state index contributed by atoms with van der Waals surface area (Å²) in [6.07, 6.45) is 2.33. The number of halogens is 2. The summed E-state index contributed by atoms with van der Waals surface area (Å²) in [5.41, 5.74) is 1.68. The van der Waals surface area contributed by atoms with E-state index in [1.54, 1.807) is 12.3 Å². The SMILES string of the molecule is O=C(c1cccc(F)c1F)N1CCc2ncccc2C1. The molecule has 0 unspecified atom stereocenters. The van der Waals surface area contributed by atoms with Gasteiger partial charge in [0.25, 0.3) is 5.91 Å². The Morgan fingerprint density at radius 1 is 1.20 bits per heavy atom. The van der Waals surface area contributed by atoms with Crippen LogP contribution >= 0.6 is 0 Å². The van der Waals surface area contributed by atoms with Gasteiger partial charge >= 0.3 is 0 Å². The van der Waals surface area contributed by atoms with E-state index in [2.05, 4.69) is 4.98 Å². The molecule has 0 N–H and O–H groups in total. The van der Waals surface area contributed by atoms with Crippen molar-refractivity contribution in [2.45, 2.75) is 13.0 Å². The fraction of sp³-hybridized carbons (Fsp3) is 0.200. The van der Waals surface area contributed by atoms with Gasteiger partial charge in [0.05, 0.1) is 5.56 Å². The molecule has 0 bridgehead atoms. The number of rotatable bonds is 1. The van der Waals surface area contributed by atoms with Crippen LogP contribution in [0.25, 0.3) is 0 Å². The van der Waals surface area contributed by atoms with E-state index in [4.69, 9.17) is 0 Å². The maximum Gasteiger partial charge on any atom is 0.257 e. The molecule has 0 fully saturated rings. The van der Waals surface area contributed by atoms with Gasteiger partial charge in [0.1, 0.15) is 0 Å². The molecule has 5 heteroatoms. The van der Waals surface area contributed by atoms with Gasteiger partial charge in [-0.15, -0.1) is 0 Å². The highest BCUT2D eigenvalue weighted by Crippen LogP contribution is 2.20. The van der Waals surface area contributed by atoms with Crippen LogP contribution in [0.4, 0.5) is 8.78 Å². The maximum atomic E-state index is 13.7. The number of nitrogens with zero attached hydrogens (tertiary/aromatic N) is 2. The highest BCUT2D eigenvalue weighted by atomic mass is 19.2. The fourth-order valence-corrected chi connectivity index (χ4v) is 2.38. The van der Waals surface area contributed by atoms with Crippen LogP contribution in [0.2, 0.25) is 0 Å². The van der Waals surface area contributed by atoms with Gasteiger partial charge in [-0.25, -0.2) is 8.78 Å². The van der Waals surface area contributed by atoms with Gasteiger partial charge in [0.15, 0.2) is 11.6 Å². The zero-order valence-electron chi connectivity index (χ0n) is 10.6. The zero-order valence-corrected chi connectivity index (χ0v) is 10.6. The van der Waals surface area contributed by atoms with Crippen molar-refractivity contribution in [3.63, 3.8) is 0 Å². The van der Waals surface area contributed by atoms with Crippen LogP contribution < -0.4 is 0 Å². The van der Waals surface area contributed by atoms with Crippen molar-refractivity contribution in [2.75, 3.05) is 6.54 Å². The third-order valence-electron chi connectivity index (χ3n) is 3.43. The minimum absolute atomic E-state index is 0.225. The summed E-state index contributed by atoms with van der Waals surface area (Å²) >= 11 is 0. The van der Waals surface area contributed by atoms with E-state index in [9.17, 15) is 13.6 Å². The topological polar surface area (TPSA) is 33.2 Å². The molecule has 1 amide bonds. The van der Waals surface area contributed by atoms with Gasteiger partial charge < -0.3 is 4.90 Å². The predicted octanol–water partition coefficient (Wildman–Crippen LogP) is 2.56. The number of hydrogen-bond acceptors (Lipinski definition) is 2. The van der Waals surface area contributed by atoms with Crippen LogP contribution in [-0.2, 0) is 13.0 Å². The Kier molecular flexibility index (Phi) is 3.18. The van der Waals surface area contributed by atoms with Gasteiger partial charge in [0.2, 0.25) is 0 Å². The lowest BCUT2D eigenvalue weighted by Gasteiger charge is -2.28. The molecule has 0 saturated carbocycles. The molecule has 20 heavy (non-hydrogen) atoms. The first kappa shape index (κ1) is 12.7. The highest BCUT2D eigenvalue weighted by Gasteiger charge is 2.25. The Labute approximate surface area is 114 Å². The largest absolute Gasteiger partial charge is 0.334 e. The number of carbonyl (C=O) groups is 1. The Morgan fingerprint density at radius 3 is 2.90 bits per heavy atom. The van der Waals surface area contributed by atoms with Gasteiger partial charge in [-0.2, -0.15) is 0 Å². The van der Waals surface area contributed by atoms with E-state index in [0.29, 0.717) is 19.5 Å². The summed E-state index contributed by atoms with van der Waals surface area (Å²) in [6.45, 7) is 0.830. The molecule has 0 spiro atoms.